The molecule has 2 aromatic rings. The number of nitro benzene ring substituents is 1. The molecule has 0 aliphatic rings. The van der Waals surface area contributed by atoms with E-state index < -0.39 is 26.8 Å². The predicted octanol–water partition coefficient (Wildman–Crippen LogP) is 2.37. The molecule has 0 aliphatic heterocycles. The second-order valence-corrected chi connectivity index (χ2v) is 7.26. The number of halogens is 3. The summed E-state index contributed by atoms with van der Waals surface area (Å²) in [5, 5.41) is 19.5. The Hall–Kier alpha value is -2.25. The molecule has 1 heterocycles. The van der Waals surface area contributed by atoms with Crippen molar-refractivity contribution in [1.82, 2.24) is 4.98 Å². The van der Waals surface area contributed by atoms with Gasteiger partial charge in [0, 0.05) is 30.5 Å². The predicted molar refractivity (Wildman–Crippen MR) is 83.8 cm³/mol. The van der Waals surface area contributed by atoms with E-state index in [0.29, 0.717) is 0 Å². The first kappa shape index (κ1) is 19.1. The van der Waals surface area contributed by atoms with Crippen LogP contribution >= 0.6 is 11.3 Å². The maximum Gasteiger partial charge on any atom is 0.434 e. The Balaban J connectivity index is 2.15. The van der Waals surface area contributed by atoms with E-state index in [1.54, 1.807) is 0 Å². The molecule has 0 saturated carbocycles. The number of anilines is 1. The number of sulfonamides is 1. The number of benzene rings is 1. The van der Waals surface area contributed by atoms with Gasteiger partial charge in [-0.1, -0.05) is 0 Å². The molecule has 0 saturated heterocycles. The summed E-state index contributed by atoms with van der Waals surface area (Å²) in [4.78, 5) is 13.2. The largest absolute Gasteiger partial charge is 0.434 e. The first-order valence-corrected chi connectivity index (χ1v) is 8.98. The van der Waals surface area contributed by atoms with E-state index in [2.05, 4.69) is 10.3 Å². The number of rotatable bonds is 6. The zero-order chi connectivity index (χ0) is 18.8. The van der Waals surface area contributed by atoms with Crippen LogP contribution < -0.4 is 10.5 Å². The second kappa shape index (κ2) is 6.93. The maximum atomic E-state index is 12.5. The lowest BCUT2D eigenvalue weighted by molar-refractivity contribution is -0.384. The lowest BCUT2D eigenvalue weighted by atomic mass is 10.2. The van der Waals surface area contributed by atoms with Crippen LogP contribution in [0.25, 0.3) is 0 Å². The maximum absolute atomic E-state index is 12.5. The molecule has 0 amide bonds. The van der Waals surface area contributed by atoms with Crippen molar-refractivity contribution in [3.8, 4) is 0 Å². The van der Waals surface area contributed by atoms with Crippen LogP contribution in [0.3, 0.4) is 0 Å². The number of thiazole rings is 1. The fraction of sp³-hybridized carbons (Fsp3) is 0.250. The highest BCUT2D eigenvalue weighted by Crippen LogP contribution is 2.30. The highest BCUT2D eigenvalue weighted by Gasteiger charge is 2.33. The topological polar surface area (TPSA) is 128 Å². The lowest BCUT2D eigenvalue weighted by Crippen LogP contribution is -2.16. The van der Waals surface area contributed by atoms with Crippen LogP contribution in [0, 0.1) is 10.1 Å². The number of nitrogens with zero attached hydrogens (tertiary/aromatic N) is 2. The van der Waals surface area contributed by atoms with Crippen molar-refractivity contribution in [2.75, 3.05) is 11.9 Å². The number of nitrogens with two attached hydrogens (primary N) is 1. The number of hydrogen-bond donors (Lipinski definition) is 2. The highest BCUT2D eigenvalue weighted by atomic mass is 32.2. The average Bonchev–Trinajstić information content (AvgIpc) is 2.95. The van der Waals surface area contributed by atoms with Crippen molar-refractivity contribution >= 4 is 32.7 Å². The molecule has 1 aromatic heterocycles. The summed E-state index contributed by atoms with van der Waals surface area (Å²) in [6.45, 7) is 0.00843. The number of hydrogen-bond acceptors (Lipinski definition) is 7. The quantitative estimate of drug-likeness (QED) is 0.570. The van der Waals surface area contributed by atoms with Crippen molar-refractivity contribution in [3.63, 3.8) is 0 Å². The minimum Gasteiger partial charge on any atom is -0.383 e. The lowest BCUT2D eigenvalue weighted by Gasteiger charge is -2.10. The molecule has 136 valence electrons. The van der Waals surface area contributed by atoms with E-state index in [1.165, 1.54) is 0 Å². The van der Waals surface area contributed by atoms with Gasteiger partial charge >= 0.3 is 6.18 Å². The Morgan fingerprint density at radius 3 is 2.56 bits per heavy atom. The summed E-state index contributed by atoms with van der Waals surface area (Å²) >= 11 is 0.807. The number of aromatic nitrogens is 1. The third kappa shape index (κ3) is 4.87. The van der Waals surface area contributed by atoms with Crippen molar-refractivity contribution in [2.24, 2.45) is 5.14 Å². The average molecular weight is 396 g/mol. The van der Waals surface area contributed by atoms with Crippen LogP contribution in [0.5, 0.6) is 0 Å². The monoisotopic (exact) mass is 396 g/mol. The third-order valence-electron chi connectivity index (χ3n) is 2.98. The van der Waals surface area contributed by atoms with E-state index in [1.807, 2.05) is 0 Å². The number of alkyl halides is 3. The summed E-state index contributed by atoms with van der Waals surface area (Å²) in [7, 11) is -4.13. The highest BCUT2D eigenvalue weighted by molar-refractivity contribution is 7.89. The standard InChI is InChI=1S/C12H11F3N4O4S2/c13-12(14,15)10-6-24-11(18-10)3-4-17-8-5-7(19(20)21)1-2-9(8)25(16,22)23/h1-2,5-6,17H,3-4H2,(H2,16,22,23). The van der Waals surface area contributed by atoms with Gasteiger partial charge in [0.15, 0.2) is 5.69 Å². The van der Waals surface area contributed by atoms with Crippen LogP contribution in [-0.4, -0.2) is 24.9 Å². The second-order valence-electron chi connectivity index (χ2n) is 4.78. The summed E-state index contributed by atoms with van der Waals surface area (Å²) in [5.41, 5.74) is -1.47. The van der Waals surface area contributed by atoms with E-state index in [4.69, 9.17) is 5.14 Å². The van der Waals surface area contributed by atoms with Gasteiger partial charge in [-0.25, -0.2) is 18.5 Å². The molecule has 13 heteroatoms. The van der Waals surface area contributed by atoms with Gasteiger partial charge in [0.25, 0.3) is 5.69 Å². The summed E-state index contributed by atoms with van der Waals surface area (Å²) in [6, 6.07) is 2.96. The zero-order valence-electron chi connectivity index (χ0n) is 12.3. The molecule has 0 aliphatic carbocycles. The first-order valence-electron chi connectivity index (χ1n) is 6.55. The van der Waals surface area contributed by atoms with Gasteiger partial charge in [0.05, 0.1) is 15.6 Å². The minimum atomic E-state index is -4.54. The summed E-state index contributed by atoms with van der Waals surface area (Å²) in [6.07, 6.45) is -4.48. The van der Waals surface area contributed by atoms with Crippen molar-refractivity contribution < 1.29 is 26.5 Å². The number of nitro groups is 1. The number of nitrogens with one attached hydrogen (secondary N) is 1. The Morgan fingerprint density at radius 1 is 1.36 bits per heavy atom. The Bertz CT molecular complexity index is 896. The van der Waals surface area contributed by atoms with Crippen LogP contribution in [0.1, 0.15) is 10.7 Å². The van der Waals surface area contributed by atoms with Gasteiger partial charge < -0.3 is 5.32 Å². The molecule has 25 heavy (non-hydrogen) atoms. The molecular formula is C12H11F3N4O4S2. The first-order chi connectivity index (χ1) is 11.5. The fourth-order valence-electron chi connectivity index (χ4n) is 1.88. The molecule has 0 unspecified atom stereocenters. The van der Waals surface area contributed by atoms with Crippen LogP contribution in [0.2, 0.25) is 0 Å². The van der Waals surface area contributed by atoms with E-state index in [9.17, 15) is 31.7 Å². The smallest absolute Gasteiger partial charge is 0.383 e. The molecule has 2 rings (SSSR count). The zero-order valence-corrected chi connectivity index (χ0v) is 13.9. The molecule has 0 atom stereocenters. The van der Waals surface area contributed by atoms with E-state index >= 15 is 0 Å². The molecule has 0 radical (unpaired) electrons. The number of non-ortho nitro benzene ring substituents is 1. The normalized spacial score (nSPS) is 12.2. The third-order valence-corrected chi connectivity index (χ3v) is 4.85. The molecule has 8 nitrogen and oxygen atoms in total. The van der Waals surface area contributed by atoms with Gasteiger partial charge in [-0.2, -0.15) is 13.2 Å². The molecule has 0 bridgehead atoms. The van der Waals surface area contributed by atoms with Gasteiger partial charge in [-0.05, 0) is 6.07 Å². The van der Waals surface area contributed by atoms with Gasteiger partial charge in [0.1, 0.15) is 4.90 Å². The Morgan fingerprint density at radius 2 is 2.04 bits per heavy atom. The molecule has 1 aromatic carbocycles. The molecular weight excluding hydrogens is 385 g/mol. The molecule has 3 N–H and O–H groups in total. The van der Waals surface area contributed by atoms with E-state index in [-0.39, 0.29) is 34.2 Å². The van der Waals surface area contributed by atoms with Crippen molar-refractivity contribution in [2.45, 2.75) is 17.5 Å². The van der Waals surface area contributed by atoms with E-state index in [0.717, 1.165) is 34.9 Å². The molecule has 0 spiro atoms. The van der Waals surface area contributed by atoms with Gasteiger partial charge in [0.2, 0.25) is 10.0 Å². The summed E-state index contributed by atoms with van der Waals surface area (Å²) in [5.74, 6) is 0. The molecule has 0 fully saturated rings. The number of primary sulfonamides is 1. The minimum absolute atomic E-state index is 0.00843. The van der Waals surface area contributed by atoms with Crippen molar-refractivity contribution in [3.05, 3.63) is 44.4 Å². The fourth-order valence-corrected chi connectivity index (χ4v) is 3.38. The Kier molecular flexibility index (Phi) is 5.29. The SMILES string of the molecule is NS(=O)(=O)c1ccc([N+](=O)[O-])cc1NCCc1nc(C(F)(F)F)cs1. The van der Waals surface area contributed by atoms with Gasteiger partial charge in [-0.15, -0.1) is 11.3 Å². The van der Waals surface area contributed by atoms with Crippen LogP contribution in [-0.2, 0) is 22.6 Å². The van der Waals surface area contributed by atoms with Crippen LogP contribution in [0.15, 0.2) is 28.5 Å². The Labute approximate surface area is 143 Å². The summed E-state index contributed by atoms with van der Waals surface area (Å²) < 4.78 is 60.5. The van der Waals surface area contributed by atoms with Crippen molar-refractivity contribution in [1.29, 1.82) is 0 Å². The van der Waals surface area contributed by atoms with Gasteiger partial charge in [-0.3, -0.25) is 10.1 Å². The van der Waals surface area contributed by atoms with Crippen LogP contribution in [0.4, 0.5) is 24.5 Å².